The zero-order chi connectivity index (χ0) is 13.7. The maximum atomic E-state index is 12.1. The van der Waals surface area contributed by atoms with Gasteiger partial charge in [-0.2, -0.15) is 0 Å². The molecule has 0 aromatic heterocycles. The first-order valence-electron chi connectivity index (χ1n) is 7.24. The number of carbonyl (C=O) groups excluding carboxylic acids is 1. The Balaban J connectivity index is 1.78. The van der Waals surface area contributed by atoms with Gasteiger partial charge in [-0.3, -0.25) is 4.79 Å². The van der Waals surface area contributed by atoms with Gasteiger partial charge in [0, 0.05) is 12.5 Å². The van der Waals surface area contributed by atoms with Gasteiger partial charge in [-0.1, -0.05) is 36.2 Å². The fourth-order valence-electron chi connectivity index (χ4n) is 2.99. The predicted octanol–water partition coefficient (Wildman–Crippen LogP) is 2.03. The van der Waals surface area contributed by atoms with Crippen molar-refractivity contribution in [3.05, 3.63) is 35.4 Å². The van der Waals surface area contributed by atoms with Gasteiger partial charge in [0.25, 0.3) is 0 Å². The van der Waals surface area contributed by atoms with Crippen molar-refractivity contribution in [1.82, 2.24) is 5.32 Å². The van der Waals surface area contributed by atoms with Crippen LogP contribution in [0.2, 0.25) is 0 Å². The van der Waals surface area contributed by atoms with Crippen LogP contribution in [-0.2, 0) is 11.2 Å². The number of hydrogen-bond acceptors (Lipinski definition) is 2. The maximum absolute atomic E-state index is 12.1. The van der Waals surface area contributed by atoms with Gasteiger partial charge < -0.3 is 11.1 Å². The molecule has 3 N–H and O–H groups in total. The second-order valence-electron chi connectivity index (χ2n) is 5.56. The molecule has 3 heteroatoms. The van der Waals surface area contributed by atoms with Crippen LogP contribution in [0.15, 0.2) is 24.3 Å². The highest BCUT2D eigenvalue weighted by Crippen LogP contribution is 2.30. The quantitative estimate of drug-likeness (QED) is 0.851. The number of hydrogen-bond donors (Lipinski definition) is 2. The van der Waals surface area contributed by atoms with Crippen LogP contribution < -0.4 is 11.1 Å². The molecule has 0 spiro atoms. The van der Waals surface area contributed by atoms with Crippen LogP contribution in [0.1, 0.15) is 30.4 Å². The number of aryl methyl sites for hydroxylation is 1. The summed E-state index contributed by atoms with van der Waals surface area (Å²) in [5.41, 5.74) is 8.26. The van der Waals surface area contributed by atoms with Crippen molar-refractivity contribution in [3.63, 3.8) is 0 Å². The highest BCUT2D eigenvalue weighted by molar-refractivity contribution is 5.79. The Bertz CT molecular complexity index is 431. The van der Waals surface area contributed by atoms with Crippen LogP contribution in [-0.4, -0.2) is 19.0 Å². The molecule has 104 valence electrons. The van der Waals surface area contributed by atoms with Crippen LogP contribution in [0.5, 0.6) is 0 Å². The SMILES string of the molecule is Cc1cccc(CCNC(=O)C2CCCC2CN)c1. The van der Waals surface area contributed by atoms with Crippen LogP contribution in [0.4, 0.5) is 0 Å². The summed E-state index contributed by atoms with van der Waals surface area (Å²) in [5.74, 6) is 0.724. The van der Waals surface area contributed by atoms with E-state index in [9.17, 15) is 4.79 Å². The number of nitrogens with two attached hydrogens (primary N) is 1. The van der Waals surface area contributed by atoms with Crippen LogP contribution in [0, 0.1) is 18.8 Å². The molecule has 1 aliphatic rings. The van der Waals surface area contributed by atoms with Gasteiger partial charge in [0.05, 0.1) is 0 Å². The van der Waals surface area contributed by atoms with Crippen molar-refractivity contribution in [1.29, 1.82) is 0 Å². The van der Waals surface area contributed by atoms with E-state index in [0.717, 1.165) is 32.2 Å². The second kappa shape index (κ2) is 6.71. The topological polar surface area (TPSA) is 55.1 Å². The molecule has 1 aliphatic carbocycles. The van der Waals surface area contributed by atoms with E-state index in [0.29, 0.717) is 12.5 Å². The average molecular weight is 260 g/mol. The molecular weight excluding hydrogens is 236 g/mol. The molecule has 2 rings (SSSR count). The minimum atomic E-state index is 0.141. The number of benzene rings is 1. The van der Waals surface area contributed by atoms with Gasteiger partial charge >= 0.3 is 0 Å². The fraction of sp³-hybridized carbons (Fsp3) is 0.562. The monoisotopic (exact) mass is 260 g/mol. The summed E-state index contributed by atoms with van der Waals surface area (Å²) < 4.78 is 0. The Hall–Kier alpha value is -1.35. The summed E-state index contributed by atoms with van der Waals surface area (Å²) in [4.78, 5) is 12.1. The van der Waals surface area contributed by atoms with Gasteiger partial charge in [-0.15, -0.1) is 0 Å². The third-order valence-corrected chi connectivity index (χ3v) is 4.09. The summed E-state index contributed by atoms with van der Waals surface area (Å²) in [6.07, 6.45) is 4.13. The Morgan fingerprint density at radius 2 is 2.26 bits per heavy atom. The molecule has 1 amide bonds. The summed E-state index contributed by atoms with van der Waals surface area (Å²) in [6, 6.07) is 8.43. The zero-order valence-corrected chi connectivity index (χ0v) is 11.7. The average Bonchev–Trinajstić information content (AvgIpc) is 2.87. The lowest BCUT2D eigenvalue weighted by molar-refractivity contribution is -0.125. The van der Waals surface area contributed by atoms with Gasteiger partial charge in [-0.05, 0) is 44.2 Å². The molecule has 2 atom stereocenters. The summed E-state index contributed by atoms with van der Waals surface area (Å²) in [5, 5.41) is 3.06. The predicted molar refractivity (Wildman–Crippen MR) is 77.8 cm³/mol. The molecule has 0 radical (unpaired) electrons. The molecule has 0 heterocycles. The molecule has 0 aliphatic heterocycles. The van der Waals surface area contributed by atoms with E-state index in [1.165, 1.54) is 11.1 Å². The highest BCUT2D eigenvalue weighted by Gasteiger charge is 2.31. The number of rotatable bonds is 5. The standard InChI is InChI=1S/C16H24N2O/c1-12-4-2-5-13(10-12)8-9-18-16(19)15-7-3-6-14(15)11-17/h2,4-5,10,14-15H,3,6-9,11,17H2,1H3,(H,18,19). The molecule has 1 fully saturated rings. The van der Waals surface area contributed by atoms with Crippen LogP contribution >= 0.6 is 0 Å². The molecule has 1 aromatic carbocycles. The minimum absolute atomic E-state index is 0.141. The van der Waals surface area contributed by atoms with Gasteiger partial charge in [0.2, 0.25) is 5.91 Å². The molecule has 19 heavy (non-hydrogen) atoms. The van der Waals surface area contributed by atoms with Crippen LogP contribution in [0.3, 0.4) is 0 Å². The lowest BCUT2D eigenvalue weighted by atomic mass is 9.95. The second-order valence-corrected chi connectivity index (χ2v) is 5.56. The first-order chi connectivity index (χ1) is 9.20. The lowest BCUT2D eigenvalue weighted by Gasteiger charge is -2.17. The van der Waals surface area contributed by atoms with Crippen LogP contribution in [0.25, 0.3) is 0 Å². The van der Waals surface area contributed by atoms with Crippen molar-refractivity contribution >= 4 is 5.91 Å². The summed E-state index contributed by atoms with van der Waals surface area (Å²) >= 11 is 0. The van der Waals surface area contributed by atoms with Gasteiger partial charge in [-0.25, -0.2) is 0 Å². The fourth-order valence-corrected chi connectivity index (χ4v) is 2.99. The Labute approximate surface area is 115 Å². The first kappa shape index (κ1) is 14.1. The normalized spacial score (nSPS) is 22.4. The number of carbonyl (C=O) groups is 1. The van der Waals surface area contributed by atoms with Crippen molar-refractivity contribution in [2.45, 2.75) is 32.6 Å². The van der Waals surface area contributed by atoms with E-state index >= 15 is 0 Å². The summed E-state index contributed by atoms with van der Waals surface area (Å²) in [7, 11) is 0. The largest absolute Gasteiger partial charge is 0.356 e. The zero-order valence-electron chi connectivity index (χ0n) is 11.7. The molecular formula is C16H24N2O. The van der Waals surface area contributed by atoms with E-state index in [2.05, 4.69) is 36.5 Å². The van der Waals surface area contributed by atoms with Crippen molar-refractivity contribution in [2.24, 2.45) is 17.6 Å². The minimum Gasteiger partial charge on any atom is -0.356 e. The highest BCUT2D eigenvalue weighted by atomic mass is 16.1. The Kier molecular flexibility index (Phi) is 4.97. The van der Waals surface area contributed by atoms with E-state index in [-0.39, 0.29) is 11.8 Å². The molecule has 1 aromatic rings. The summed E-state index contributed by atoms with van der Waals surface area (Å²) in [6.45, 7) is 3.44. The molecule has 2 unspecified atom stereocenters. The van der Waals surface area contributed by atoms with Crippen molar-refractivity contribution in [3.8, 4) is 0 Å². The molecule has 0 saturated heterocycles. The van der Waals surface area contributed by atoms with E-state index in [1.54, 1.807) is 0 Å². The van der Waals surface area contributed by atoms with Gasteiger partial charge in [0.15, 0.2) is 0 Å². The number of nitrogens with one attached hydrogen (secondary N) is 1. The lowest BCUT2D eigenvalue weighted by Crippen LogP contribution is -2.36. The molecule has 3 nitrogen and oxygen atoms in total. The van der Waals surface area contributed by atoms with E-state index in [1.807, 2.05) is 0 Å². The number of amides is 1. The first-order valence-corrected chi connectivity index (χ1v) is 7.24. The van der Waals surface area contributed by atoms with Crippen molar-refractivity contribution < 1.29 is 4.79 Å². The maximum Gasteiger partial charge on any atom is 0.223 e. The van der Waals surface area contributed by atoms with Gasteiger partial charge in [0.1, 0.15) is 0 Å². The molecule has 0 bridgehead atoms. The van der Waals surface area contributed by atoms with Crippen molar-refractivity contribution in [2.75, 3.05) is 13.1 Å². The van der Waals surface area contributed by atoms with E-state index in [4.69, 9.17) is 5.73 Å². The Morgan fingerprint density at radius 3 is 3.00 bits per heavy atom. The van der Waals surface area contributed by atoms with E-state index < -0.39 is 0 Å². The Morgan fingerprint density at radius 1 is 1.42 bits per heavy atom. The smallest absolute Gasteiger partial charge is 0.223 e. The third kappa shape index (κ3) is 3.80. The molecule has 1 saturated carbocycles. The third-order valence-electron chi connectivity index (χ3n) is 4.09.